The summed E-state index contributed by atoms with van der Waals surface area (Å²) >= 11 is 0. The van der Waals surface area contributed by atoms with Crippen molar-refractivity contribution in [2.45, 2.75) is 6.42 Å². The zero-order chi connectivity index (χ0) is 15.9. The van der Waals surface area contributed by atoms with Crippen molar-refractivity contribution in [1.82, 2.24) is 0 Å². The number of benzene rings is 1. The number of anilines is 1. The van der Waals surface area contributed by atoms with Crippen LogP contribution in [0.5, 0.6) is 0 Å². The highest BCUT2D eigenvalue weighted by Gasteiger charge is 2.67. The lowest BCUT2D eigenvalue weighted by molar-refractivity contribution is -0.384. The van der Waals surface area contributed by atoms with Gasteiger partial charge < -0.3 is 0 Å². The Balaban J connectivity index is 1.53. The van der Waals surface area contributed by atoms with Crippen molar-refractivity contribution in [3.05, 3.63) is 46.5 Å². The molecule has 6 nitrogen and oxygen atoms in total. The average molecular weight is 310 g/mol. The maximum Gasteiger partial charge on any atom is 0.269 e. The smallest absolute Gasteiger partial charge is 0.269 e. The van der Waals surface area contributed by atoms with E-state index in [1.54, 1.807) is 0 Å². The second-order valence-corrected chi connectivity index (χ2v) is 6.94. The van der Waals surface area contributed by atoms with Gasteiger partial charge in [0.15, 0.2) is 0 Å². The number of carbonyl (C=O) groups excluding carboxylic acids is 2. The maximum absolute atomic E-state index is 12.9. The molecule has 116 valence electrons. The van der Waals surface area contributed by atoms with Crippen molar-refractivity contribution in [3.8, 4) is 0 Å². The molecule has 2 amide bonds. The fourth-order valence-corrected chi connectivity index (χ4v) is 4.93. The van der Waals surface area contributed by atoms with Crippen LogP contribution in [-0.4, -0.2) is 16.7 Å². The van der Waals surface area contributed by atoms with E-state index in [0.29, 0.717) is 17.5 Å². The van der Waals surface area contributed by atoms with Crippen LogP contribution >= 0.6 is 0 Å². The molecule has 2 saturated carbocycles. The first kappa shape index (κ1) is 13.0. The Labute approximate surface area is 131 Å². The van der Waals surface area contributed by atoms with Crippen molar-refractivity contribution < 1.29 is 14.5 Å². The second-order valence-electron chi connectivity index (χ2n) is 6.94. The molecule has 2 bridgehead atoms. The third-order valence-corrected chi connectivity index (χ3v) is 5.98. The largest absolute Gasteiger partial charge is 0.274 e. The number of carbonyl (C=O) groups is 2. The van der Waals surface area contributed by atoms with Gasteiger partial charge in [-0.15, -0.1) is 0 Å². The van der Waals surface area contributed by atoms with E-state index >= 15 is 0 Å². The molecule has 4 aliphatic carbocycles. The summed E-state index contributed by atoms with van der Waals surface area (Å²) in [5.74, 6) is 0.758. The number of hydrogen-bond acceptors (Lipinski definition) is 4. The van der Waals surface area contributed by atoms with Gasteiger partial charge >= 0.3 is 0 Å². The third kappa shape index (κ3) is 1.53. The molecule has 1 aromatic carbocycles. The van der Waals surface area contributed by atoms with E-state index in [1.807, 2.05) is 0 Å². The van der Waals surface area contributed by atoms with Gasteiger partial charge in [-0.3, -0.25) is 24.6 Å². The Hall–Kier alpha value is -2.50. The van der Waals surface area contributed by atoms with Crippen molar-refractivity contribution in [2.75, 3.05) is 4.90 Å². The van der Waals surface area contributed by atoms with Gasteiger partial charge in [0.05, 0.1) is 22.4 Å². The molecule has 23 heavy (non-hydrogen) atoms. The van der Waals surface area contributed by atoms with Crippen LogP contribution in [0.4, 0.5) is 11.4 Å². The van der Waals surface area contributed by atoms with Crippen LogP contribution in [0.2, 0.25) is 0 Å². The molecule has 5 aliphatic rings. The number of nitro groups is 1. The normalized spacial score (nSPS) is 39.4. The van der Waals surface area contributed by atoms with Crippen molar-refractivity contribution in [3.63, 3.8) is 0 Å². The number of nitrogens with zero attached hydrogens (tertiary/aromatic N) is 2. The summed E-state index contributed by atoms with van der Waals surface area (Å²) in [7, 11) is 0. The highest BCUT2D eigenvalue weighted by atomic mass is 16.6. The molecule has 0 unspecified atom stereocenters. The van der Waals surface area contributed by atoms with E-state index in [4.69, 9.17) is 0 Å². The average Bonchev–Trinajstić information content (AvgIpc) is 3.32. The molecule has 1 saturated heterocycles. The molecule has 3 fully saturated rings. The summed E-state index contributed by atoms with van der Waals surface area (Å²) in [5.41, 5.74) is 0.390. The first-order valence-corrected chi connectivity index (χ1v) is 7.88. The summed E-state index contributed by atoms with van der Waals surface area (Å²) in [6, 6.07) is 5.65. The number of non-ortho nitro benzene ring substituents is 1. The lowest BCUT2D eigenvalue weighted by Crippen LogP contribution is -2.40. The summed E-state index contributed by atoms with van der Waals surface area (Å²) < 4.78 is 0. The lowest BCUT2D eigenvalue weighted by atomic mass is 9.63. The van der Waals surface area contributed by atoms with Crippen molar-refractivity contribution >= 4 is 23.2 Å². The minimum absolute atomic E-state index is 0.0479. The van der Waals surface area contributed by atoms with Crippen LogP contribution in [-0.2, 0) is 9.59 Å². The van der Waals surface area contributed by atoms with E-state index in [-0.39, 0.29) is 41.2 Å². The topological polar surface area (TPSA) is 80.5 Å². The number of nitro benzene ring substituents is 1. The minimum Gasteiger partial charge on any atom is -0.274 e. The Morgan fingerprint density at radius 1 is 0.957 bits per heavy atom. The van der Waals surface area contributed by atoms with Crippen molar-refractivity contribution in [1.29, 1.82) is 0 Å². The van der Waals surface area contributed by atoms with Gasteiger partial charge in [0.1, 0.15) is 0 Å². The lowest BCUT2D eigenvalue weighted by Gasteiger charge is -2.37. The first-order valence-electron chi connectivity index (χ1n) is 7.88. The van der Waals surface area contributed by atoms with Gasteiger partial charge in [0, 0.05) is 12.1 Å². The third-order valence-electron chi connectivity index (χ3n) is 5.98. The molecule has 0 N–H and O–H groups in total. The Bertz CT molecular complexity index is 748. The van der Waals surface area contributed by atoms with Gasteiger partial charge in [0.2, 0.25) is 11.8 Å². The van der Waals surface area contributed by atoms with Gasteiger partial charge in [-0.25, -0.2) is 0 Å². The van der Waals surface area contributed by atoms with Crippen LogP contribution in [0.3, 0.4) is 0 Å². The number of allylic oxidation sites excluding steroid dienone is 2. The Morgan fingerprint density at radius 3 is 1.96 bits per heavy atom. The van der Waals surface area contributed by atoms with E-state index in [1.165, 1.54) is 29.2 Å². The molecule has 6 rings (SSSR count). The molecule has 6 heteroatoms. The molecule has 1 aromatic rings. The van der Waals surface area contributed by atoms with Crippen LogP contribution < -0.4 is 4.90 Å². The molecule has 0 aromatic heterocycles. The standard InChI is InChI=1S/C17H14N2O4/c20-16-14-10-5-6-11(13-7-12(10)13)15(14)17(21)18(16)8-1-3-9(4-2-8)19(22)23/h1-6,10-15H,7H2/t10-,11-,12-,13-,14+,15+/m1/s1. The highest BCUT2D eigenvalue weighted by Crippen LogP contribution is 2.65. The number of imide groups is 1. The number of amides is 2. The highest BCUT2D eigenvalue weighted by molar-refractivity contribution is 6.22. The van der Waals surface area contributed by atoms with Crippen LogP contribution in [0.25, 0.3) is 0 Å². The molecule has 6 atom stereocenters. The van der Waals surface area contributed by atoms with E-state index in [9.17, 15) is 19.7 Å². The molecular weight excluding hydrogens is 296 g/mol. The molecular formula is C17H14N2O4. The van der Waals surface area contributed by atoms with Crippen molar-refractivity contribution in [2.24, 2.45) is 35.5 Å². The maximum atomic E-state index is 12.9. The molecule has 1 heterocycles. The van der Waals surface area contributed by atoms with Gasteiger partial charge in [-0.1, -0.05) is 12.2 Å². The van der Waals surface area contributed by atoms with E-state index in [0.717, 1.165) is 6.42 Å². The number of rotatable bonds is 2. The first-order chi connectivity index (χ1) is 11.1. The number of hydrogen-bond donors (Lipinski definition) is 0. The van der Waals surface area contributed by atoms with E-state index in [2.05, 4.69) is 12.2 Å². The van der Waals surface area contributed by atoms with Gasteiger partial charge in [-0.05, 0) is 42.2 Å². The fraction of sp³-hybridized carbons (Fsp3) is 0.412. The summed E-state index contributed by atoms with van der Waals surface area (Å²) in [4.78, 5) is 37.2. The zero-order valence-corrected chi connectivity index (χ0v) is 12.2. The van der Waals surface area contributed by atoms with Gasteiger partial charge in [-0.2, -0.15) is 0 Å². The molecule has 0 radical (unpaired) electrons. The fourth-order valence-electron chi connectivity index (χ4n) is 4.93. The summed E-state index contributed by atoms with van der Waals surface area (Å²) in [6.07, 6.45) is 5.39. The predicted molar refractivity (Wildman–Crippen MR) is 80.3 cm³/mol. The molecule has 0 spiro atoms. The second kappa shape index (κ2) is 4.07. The summed E-state index contributed by atoms with van der Waals surface area (Å²) in [6.45, 7) is 0. The Kier molecular flexibility index (Phi) is 2.30. The molecule has 1 aliphatic heterocycles. The van der Waals surface area contributed by atoms with Gasteiger partial charge in [0.25, 0.3) is 5.69 Å². The zero-order valence-electron chi connectivity index (χ0n) is 12.2. The van der Waals surface area contributed by atoms with Crippen LogP contribution in [0.15, 0.2) is 36.4 Å². The van der Waals surface area contributed by atoms with E-state index < -0.39 is 4.92 Å². The van der Waals surface area contributed by atoms with Crippen LogP contribution in [0, 0.1) is 45.6 Å². The quantitative estimate of drug-likeness (QED) is 0.363. The monoisotopic (exact) mass is 310 g/mol. The van der Waals surface area contributed by atoms with Crippen LogP contribution in [0.1, 0.15) is 6.42 Å². The SMILES string of the molecule is O=C1[C@H]2[C@@H]3C=C[C@H]([C@H]4C[C@H]34)[C@@H]2C(=O)N1c1ccc([N+](=O)[O-])cc1. The minimum atomic E-state index is -0.491. The summed E-state index contributed by atoms with van der Waals surface area (Å²) in [5, 5.41) is 10.8. The predicted octanol–water partition coefficient (Wildman–Crippen LogP) is 2.15. The Morgan fingerprint density at radius 2 is 1.48 bits per heavy atom.